The van der Waals surface area contributed by atoms with Crippen LogP contribution in [0.1, 0.15) is 0 Å². The molecule has 0 aliphatic carbocycles. The van der Waals surface area contributed by atoms with Gasteiger partial charge in [0.1, 0.15) is 0 Å². The predicted octanol–water partition coefficient (Wildman–Crippen LogP) is 8.27. The van der Waals surface area contributed by atoms with E-state index in [-0.39, 0.29) is 0 Å². The van der Waals surface area contributed by atoms with E-state index in [9.17, 15) is 0 Å². The van der Waals surface area contributed by atoms with Gasteiger partial charge >= 0.3 is 0 Å². The molecule has 0 amide bonds. The van der Waals surface area contributed by atoms with E-state index in [1.54, 1.807) is 0 Å². The fourth-order valence-electron chi connectivity index (χ4n) is 4.96. The van der Waals surface area contributed by atoms with Crippen LogP contribution in [0.15, 0.2) is 121 Å². The van der Waals surface area contributed by atoms with E-state index in [0.29, 0.717) is 0 Å². The molecule has 3 aromatic heterocycles. The quantitative estimate of drug-likeness (QED) is 0.296. The highest BCUT2D eigenvalue weighted by Gasteiger charge is 2.15. The number of para-hydroxylation sites is 2. The maximum absolute atomic E-state index is 5.02. The number of fused-ring (bicyclic) bond motifs is 4. The van der Waals surface area contributed by atoms with E-state index in [0.717, 1.165) is 50.2 Å². The molecule has 0 aliphatic heterocycles. The highest BCUT2D eigenvalue weighted by Crippen LogP contribution is 2.37. The Morgan fingerprint density at radius 1 is 0.486 bits per heavy atom. The van der Waals surface area contributed by atoms with E-state index in [1.807, 2.05) is 30.5 Å². The third kappa shape index (κ3) is 3.29. The summed E-state index contributed by atoms with van der Waals surface area (Å²) in [7, 11) is 0. The maximum atomic E-state index is 5.02. The van der Waals surface area contributed by atoms with E-state index in [2.05, 4.69) is 96.0 Å². The Kier molecular flexibility index (Phi) is 4.46. The molecule has 7 aromatic rings. The Bertz CT molecular complexity index is 1850. The summed E-state index contributed by atoms with van der Waals surface area (Å²) in [6.45, 7) is 0. The average Bonchev–Trinajstić information content (AvgIpc) is 3.32. The normalized spacial score (nSPS) is 11.4. The lowest BCUT2D eigenvalue weighted by molar-refractivity contribution is 1.32. The van der Waals surface area contributed by atoms with Crippen molar-refractivity contribution in [1.29, 1.82) is 0 Å². The molecule has 35 heavy (non-hydrogen) atoms. The molecule has 0 saturated carbocycles. The van der Waals surface area contributed by atoms with Crippen LogP contribution >= 0.6 is 0 Å². The van der Waals surface area contributed by atoms with Crippen molar-refractivity contribution in [3.05, 3.63) is 121 Å². The van der Waals surface area contributed by atoms with E-state index in [1.165, 1.54) is 16.2 Å². The van der Waals surface area contributed by atoms with Crippen molar-refractivity contribution in [3.8, 4) is 33.8 Å². The summed E-state index contributed by atoms with van der Waals surface area (Å²) in [5, 5.41) is 4.71. The summed E-state index contributed by atoms with van der Waals surface area (Å²) in [5.74, 6) is 0. The minimum absolute atomic E-state index is 0.953. The maximum Gasteiger partial charge on any atom is 0.0730 e. The van der Waals surface area contributed by atoms with Gasteiger partial charge in [0, 0.05) is 39.0 Å². The van der Waals surface area contributed by atoms with Crippen molar-refractivity contribution >= 4 is 32.6 Å². The second kappa shape index (κ2) is 7.93. The van der Waals surface area contributed by atoms with E-state index < -0.39 is 0 Å². The molecule has 0 fully saturated rings. The SMILES string of the molecule is c1ccc(-c2cccc(-c3cccc4c3[nH]c3c(-c5cc6ccccc6cn5)cccc34)n2)cc1. The Hall–Kier alpha value is -4.76. The number of pyridine rings is 2. The van der Waals surface area contributed by atoms with Crippen LogP contribution in [0.25, 0.3) is 66.4 Å². The highest BCUT2D eigenvalue weighted by atomic mass is 14.8. The Labute approximate surface area is 202 Å². The lowest BCUT2D eigenvalue weighted by atomic mass is 10.0. The van der Waals surface area contributed by atoms with Gasteiger partial charge in [-0.1, -0.05) is 97.1 Å². The Morgan fingerprint density at radius 2 is 1.11 bits per heavy atom. The molecule has 4 aromatic carbocycles. The van der Waals surface area contributed by atoms with Gasteiger partial charge in [0.05, 0.1) is 28.1 Å². The minimum Gasteiger partial charge on any atom is -0.353 e. The van der Waals surface area contributed by atoms with Crippen LogP contribution in [0.4, 0.5) is 0 Å². The first-order valence-corrected chi connectivity index (χ1v) is 11.8. The van der Waals surface area contributed by atoms with E-state index in [4.69, 9.17) is 9.97 Å². The first kappa shape index (κ1) is 19.7. The molecular weight excluding hydrogens is 426 g/mol. The van der Waals surface area contributed by atoms with Gasteiger partial charge in [0.25, 0.3) is 0 Å². The molecule has 0 atom stereocenters. The molecule has 1 N–H and O–H groups in total. The van der Waals surface area contributed by atoms with Gasteiger partial charge in [0.15, 0.2) is 0 Å². The molecule has 0 spiro atoms. The lowest BCUT2D eigenvalue weighted by Gasteiger charge is -2.06. The fraction of sp³-hybridized carbons (Fsp3) is 0. The van der Waals surface area contributed by atoms with Gasteiger partial charge in [-0.15, -0.1) is 0 Å². The topological polar surface area (TPSA) is 41.6 Å². The zero-order chi connectivity index (χ0) is 23.2. The van der Waals surface area contributed by atoms with Crippen LogP contribution in [0.2, 0.25) is 0 Å². The van der Waals surface area contributed by atoms with Gasteiger partial charge in [-0.2, -0.15) is 0 Å². The first-order chi connectivity index (χ1) is 17.3. The van der Waals surface area contributed by atoms with Crippen LogP contribution in [0, 0.1) is 0 Å². The van der Waals surface area contributed by atoms with Crippen molar-refractivity contribution < 1.29 is 0 Å². The highest BCUT2D eigenvalue weighted by molar-refractivity contribution is 6.15. The molecule has 0 bridgehead atoms. The van der Waals surface area contributed by atoms with Crippen LogP contribution in [-0.4, -0.2) is 15.0 Å². The molecular formula is C32H21N3. The third-order valence-corrected chi connectivity index (χ3v) is 6.67. The predicted molar refractivity (Wildman–Crippen MR) is 145 cm³/mol. The van der Waals surface area contributed by atoms with Gasteiger partial charge in [-0.3, -0.25) is 4.98 Å². The number of nitrogens with zero attached hydrogens (tertiary/aromatic N) is 2. The van der Waals surface area contributed by atoms with Crippen molar-refractivity contribution in [3.63, 3.8) is 0 Å². The Balaban J connectivity index is 1.43. The molecule has 3 nitrogen and oxygen atoms in total. The van der Waals surface area contributed by atoms with E-state index >= 15 is 0 Å². The summed E-state index contributed by atoms with van der Waals surface area (Å²) in [4.78, 5) is 13.5. The van der Waals surface area contributed by atoms with Crippen LogP contribution in [-0.2, 0) is 0 Å². The second-order valence-corrected chi connectivity index (χ2v) is 8.77. The lowest BCUT2D eigenvalue weighted by Crippen LogP contribution is -1.89. The number of hydrogen-bond acceptors (Lipinski definition) is 2. The summed E-state index contributed by atoms with van der Waals surface area (Å²) < 4.78 is 0. The molecule has 0 saturated heterocycles. The number of hydrogen-bond donors (Lipinski definition) is 1. The number of benzene rings is 4. The summed E-state index contributed by atoms with van der Waals surface area (Å²) in [6.07, 6.45) is 1.95. The molecule has 3 heterocycles. The van der Waals surface area contributed by atoms with Crippen LogP contribution in [0.3, 0.4) is 0 Å². The smallest absolute Gasteiger partial charge is 0.0730 e. The molecule has 0 aliphatic rings. The molecule has 164 valence electrons. The minimum atomic E-state index is 0.953. The van der Waals surface area contributed by atoms with Gasteiger partial charge < -0.3 is 4.98 Å². The first-order valence-electron chi connectivity index (χ1n) is 11.8. The van der Waals surface area contributed by atoms with Crippen molar-refractivity contribution in [2.75, 3.05) is 0 Å². The number of nitrogens with one attached hydrogen (secondary N) is 1. The molecule has 0 radical (unpaired) electrons. The average molecular weight is 448 g/mol. The van der Waals surface area contributed by atoms with Crippen molar-refractivity contribution in [2.24, 2.45) is 0 Å². The number of aromatic amines is 1. The van der Waals surface area contributed by atoms with Crippen molar-refractivity contribution in [2.45, 2.75) is 0 Å². The van der Waals surface area contributed by atoms with Gasteiger partial charge in [-0.05, 0) is 23.6 Å². The van der Waals surface area contributed by atoms with Crippen LogP contribution in [0.5, 0.6) is 0 Å². The molecule has 7 rings (SSSR count). The summed E-state index contributed by atoms with van der Waals surface area (Å²) in [5.41, 5.74) is 8.38. The summed E-state index contributed by atoms with van der Waals surface area (Å²) in [6, 6.07) is 39.9. The molecule has 3 heteroatoms. The van der Waals surface area contributed by atoms with Crippen LogP contribution < -0.4 is 0 Å². The molecule has 0 unspecified atom stereocenters. The Morgan fingerprint density at radius 3 is 1.89 bits per heavy atom. The van der Waals surface area contributed by atoms with Gasteiger partial charge in [-0.25, -0.2) is 4.98 Å². The monoisotopic (exact) mass is 447 g/mol. The number of rotatable bonds is 3. The summed E-state index contributed by atoms with van der Waals surface area (Å²) >= 11 is 0. The zero-order valence-corrected chi connectivity index (χ0v) is 18.9. The largest absolute Gasteiger partial charge is 0.353 e. The number of aromatic nitrogens is 3. The third-order valence-electron chi connectivity index (χ3n) is 6.67. The van der Waals surface area contributed by atoms with Gasteiger partial charge in [0.2, 0.25) is 0 Å². The fourth-order valence-corrected chi connectivity index (χ4v) is 4.96. The second-order valence-electron chi connectivity index (χ2n) is 8.77. The number of H-pyrrole nitrogens is 1. The van der Waals surface area contributed by atoms with Crippen molar-refractivity contribution in [1.82, 2.24) is 15.0 Å². The zero-order valence-electron chi connectivity index (χ0n) is 18.9. The standard InChI is InChI=1S/C32H21N3/c1-2-9-21(10-3-1)28-17-8-18-29(34-28)26-15-6-13-24-25-14-7-16-27(32(25)35-31(24)26)30-19-22-11-4-5-12-23(22)20-33-30/h1-20,35H.